The van der Waals surface area contributed by atoms with Gasteiger partial charge in [-0.3, -0.25) is 0 Å². The van der Waals surface area contributed by atoms with Crippen molar-refractivity contribution < 1.29 is 4.74 Å². The molecule has 0 unspecified atom stereocenters. The van der Waals surface area contributed by atoms with Crippen molar-refractivity contribution in [1.29, 1.82) is 5.26 Å². The third-order valence-corrected chi connectivity index (χ3v) is 2.85. The van der Waals surface area contributed by atoms with E-state index in [1.54, 1.807) is 0 Å². The van der Waals surface area contributed by atoms with Crippen LogP contribution in [0.4, 0.5) is 0 Å². The molecule has 0 aromatic heterocycles. The minimum absolute atomic E-state index is 0.676. The topological polar surface area (TPSA) is 33.0 Å². The minimum Gasteiger partial charge on any atom is -0.494 e. The summed E-state index contributed by atoms with van der Waals surface area (Å²) in [4.78, 5) is 0. The Bertz CT molecular complexity index is 579. The van der Waals surface area contributed by atoms with Crippen LogP contribution < -0.4 is 4.74 Å². The monoisotopic (exact) mass is 237 g/mol. The maximum atomic E-state index is 8.91. The first-order valence-corrected chi connectivity index (χ1v) is 5.98. The third-order valence-electron chi connectivity index (χ3n) is 2.85. The lowest BCUT2D eigenvalue weighted by Crippen LogP contribution is -1.90. The third kappa shape index (κ3) is 2.52. The molecule has 0 saturated carbocycles. The smallest absolute Gasteiger partial charge is 0.119 e. The van der Waals surface area contributed by atoms with E-state index in [9.17, 15) is 0 Å². The number of hydrogen-bond donors (Lipinski definition) is 0. The van der Waals surface area contributed by atoms with Crippen LogP contribution in [0.25, 0.3) is 11.1 Å². The van der Waals surface area contributed by atoms with Crippen LogP contribution in [-0.2, 0) is 0 Å². The SMILES string of the molecule is CCOc1ccc(-c2ccc(C#N)c(C)c2)cc1. The predicted molar refractivity (Wildman–Crippen MR) is 72.5 cm³/mol. The molecule has 0 N–H and O–H groups in total. The molecule has 0 spiro atoms. The molecule has 0 bridgehead atoms. The highest BCUT2D eigenvalue weighted by Gasteiger charge is 2.02. The zero-order chi connectivity index (χ0) is 13.0. The van der Waals surface area contributed by atoms with Crippen molar-refractivity contribution in [1.82, 2.24) is 0 Å². The van der Waals surface area contributed by atoms with Gasteiger partial charge in [-0.15, -0.1) is 0 Å². The lowest BCUT2D eigenvalue weighted by molar-refractivity contribution is 0.340. The molecule has 0 radical (unpaired) electrons. The number of benzene rings is 2. The van der Waals surface area contributed by atoms with Crippen LogP contribution in [0.5, 0.6) is 5.75 Å². The van der Waals surface area contributed by atoms with E-state index >= 15 is 0 Å². The second kappa shape index (κ2) is 5.37. The summed E-state index contributed by atoms with van der Waals surface area (Å²) in [5, 5.41) is 8.91. The summed E-state index contributed by atoms with van der Waals surface area (Å²) in [7, 11) is 0. The van der Waals surface area contributed by atoms with Crippen molar-refractivity contribution in [3.05, 3.63) is 53.6 Å². The van der Waals surface area contributed by atoms with E-state index in [4.69, 9.17) is 10.00 Å². The van der Waals surface area contributed by atoms with Gasteiger partial charge in [0.05, 0.1) is 18.2 Å². The van der Waals surface area contributed by atoms with Crippen LogP contribution in [-0.4, -0.2) is 6.61 Å². The molecule has 0 aliphatic carbocycles. The highest BCUT2D eigenvalue weighted by molar-refractivity contribution is 5.66. The number of hydrogen-bond acceptors (Lipinski definition) is 2. The van der Waals surface area contributed by atoms with E-state index in [0.29, 0.717) is 6.61 Å². The Morgan fingerprint density at radius 3 is 2.28 bits per heavy atom. The molecule has 2 heteroatoms. The molecular weight excluding hydrogens is 222 g/mol. The molecule has 2 nitrogen and oxygen atoms in total. The normalized spacial score (nSPS) is 9.83. The molecular formula is C16H15NO. The second-order valence-corrected chi connectivity index (χ2v) is 4.10. The standard InChI is InChI=1S/C16H15NO/c1-3-18-16-8-6-13(7-9-16)14-4-5-15(11-17)12(2)10-14/h4-10H,3H2,1-2H3. The van der Waals surface area contributed by atoms with E-state index in [0.717, 1.165) is 28.0 Å². The van der Waals surface area contributed by atoms with Crippen LogP contribution in [0.15, 0.2) is 42.5 Å². The Balaban J connectivity index is 2.31. The van der Waals surface area contributed by atoms with Gasteiger partial charge in [0.25, 0.3) is 0 Å². The summed E-state index contributed by atoms with van der Waals surface area (Å²) in [6.07, 6.45) is 0. The van der Waals surface area contributed by atoms with Gasteiger partial charge in [-0.2, -0.15) is 5.26 Å². The van der Waals surface area contributed by atoms with Gasteiger partial charge in [0, 0.05) is 0 Å². The predicted octanol–water partition coefficient (Wildman–Crippen LogP) is 3.93. The second-order valence-electron chi connectivity index (χ2n) is 4.10. The highest BCUT2D eigenvalue weighted by atomic mass is 16.5. The van der Waals surface area contributed by atoms with E-state index in [1.165, 1.54) is 0 Å². The lowest BCUT2D eigenvalue weighted by Gasteiger charge is -2.06. The Hall–Kier alpha value is -2.27. The van der Waals surface area contributed by atoms with Gasteiger partial charge in [0.15, 0.2) is 0 Å². The average Bonchev–Trinajstić information content (AvgIpc) is 2.40. The Kier molecular flexibility index (Phi) is 3.64. The van der Waals surface area contributed by atoms with Gasteiger partial charge in [-0.25, -0.2) is 0 Å². The average molecular weight is 237 g/mol. The molecule has 0 aliphatic rings. The fourth-order valence-corrected chi connectivity index (χ4v) is 1.88. The van der Waals surface area contributed by atoms with Crippen LogP contribution in [0.1, 0.15) is 18.1 Å². The van der Waals surface area contributed by atoms with Gasteiger partial charge in [-0.05, 0) is 48.7 Å². The van der Waals surface area contributed by atoms with Crippen molar-refractivity contribution in [3.8, 4) is 22.9 Å². The van der Waals surface area contributed by atoms with Crippen molar-refractivity contribution >= 4 is 0 Å². The number of aryl methyl sites for hydroxylation is 1. The summed E-state index contributed by atoms with van der Waals surface area (Å²) in [5.41, 5.74) is 3.98. The quantitative estimate of drug-likeness (QED) is 0.810. The Labute approximate surface area is 107 Å². The molecule has 18 heavy (non-hydrogen) atoms. The van der Waals surface area contributed by atoms with Crippen LogP contribution in [0.2, 0.25) is 0 Å². The van der Waals surface area contributed by atoms with Crippen LogP contribution in [0.3, 0.4) is 0 Å². The lowest BCUT2D eigenvalue weighted by atomic mass is 10.0. The first-order valence-electron chi connectivity index (χ1n) is 5.98. The Morgan fingerprint density at radius 1 is 1.06 bits per heavy atom. The first-order chi connectivity index (χ1) is 8.74. The number of nitrogens with zero attached hydrogens (tertiary/aromatic N) is 1. The van der Waals surface area contributed by atoms with Crippen molar-refractivity contribution in [2.24, 2.45) is 0 Å². The summed E-state index contributed by atoms with van der Waals surface area (Å²) in [6.45, 7) is 4.60. The first kappa shape index (κ1) is 12.2. The van der Waals surface area contributed by atoms with Crippen LogP contribution >= 0.6 is 0 Å². The molecule has 0 heterocycles. The molecule has 0 saturated heterocycles. The van der Waals surface area contributed by atoms with E-state index in [2.05, 4.69) is 6.07 Å². The fourth-order valence-electron chi connectivity index (χ4n) is 1.88. The van der Waals surface area contributed by atoms with Gasteiger partial charge < -0.3 is 4.74 Å². The minimum atomic E-state index is 0.676. The van der Waals surface area contributed by atoms with Gasteiger partial charge in [0.2, 0.25) is 0 Å². The van der Waals surface area contributed by atoms with Crippen molar-refractivity contribution in [2.45, 2.75) is 13.8 Å². The number of ether oxygens (including phenoxy) is 1. The molecule has 0 aliphatic heterocycles. The maximum Gasteiger partial charge on any atom is 0.119 e. The maximum absolute atomic E-state index is 8.91. The zero-order valence-corrected chi connectivity index (χ0v) is 10.6. The van der Waals surface area contributed by atoms with E-state index in [-0.39, 0.29) is 0 Å². The number of nitriles is 1. The van der Waals surface area contributed by atoms with E-state index in [1.807, 2.05) is 56.3 Å². The van der Waals surface area contributed by atoms with Gasteiger partial charge in [0.1, 0.15) is 5.75 Å². The van der Waals surface area contributed by atoms with Crippen LogP contribution in [0, 0.1) is 18.3 Å². The largest absolute Gasteiger partial charge is 0.494 e. The molecule has 2 rings (SSSR count). The van der Waals surface area contributed by atoms with Crippen molar-refractivity contribution in [3.63, 3.8) is 0 Å². The molecule has 0 atom stereocenters. The molecule has 2 aromatic carbocycles. The molecule has 0 amide bonds. The Morgan fingerprint density at radius 2 is 1.72 bits per heavy atom. The number of rotatable bonds is 3. The van der Waals surface area contributed by atoms with Gasteiger partial charge >= 0.3 is 0 Å². The van der Waals surface area contributed by atoms with Gasteiger partial charge in [-0.1, -0.05) is 24.3 Å². The fraction of sp³-hybridized carbons (Fsp3) is 0.188. The molecule has 0 fully saturated rings. The summed E-state index contributed by atoms with van der Waals surface area (Å²) < 4.78 is 5.41. The summed E-state index contributed by atoms with van der Waals surface area (Å²) in [6, 6.07) is 16.0. The van der Waals surface area contributed by atoms with E-state index < -0.39 is 0 Å². The summed E-state index contributed by atoms with van der Waals surface area (Å²) in [5.74, 6) is 0.881. The molecule has 90 valence electrons. The van der Waals surface area contributed by atoms with Crippen molar-refractivity contribution in [2.75, 3.05) is 6.61 Å². The summed E-state index contributed by atoms with van der Waals surface area (Å²) >= 11 is 0. The highest BCUT2D eigenvalue weighted by Crippen LogP contribution is 2.24. The zero-order valence-electron chi connectivity index (χ0n) is 10.6. The molecule has 2 aromatic rings.